The smallest absolute Gasteiger partial charge is 0.208 e. The van der Waals surface area contributed by atoms with Crippen molar-refractivity contribution in [3.8, 4) is 6.07 Å². The summed E-state index contributed by atoms with van der Waals surface area (Å²) in [5, 5.41) is 8.76. The lowest BCUT2D eigenvalue weighted by molar-refractivity contribution is 0.509. The largest absolute Gasteiger partial charge is 0.240 e. The third-order valence-corrected chi connectivity index (χ3v) is 5.06. The maximum absolute atomic E-state index is 13.2. The highest BCUT2D eigenvalue weighted by atomic mass is 32.2. The molecule has 20 heavy (non-hydrogen) atoms. The Morgan fingerprint density at radius 1 is 1.20 bits per heavy atom. The van der Waals surface area contributed by atoms with Gasteiger partial charge in [-0.3, -0.25) is 0 Å². The van der Waals surface area contributed by atoms with Crippen LogP contribution in [0.4, 0.5) is 4.39 Å². The molecule has 0 radical (unpaired) electrons. The third kappa shape index (κ3) is 3.56. The summed E-state index contributed by atoms with van der Waals surface area (Å²) in [5.74, 6) is -0.707. The zero-order chi connectivity index (χ0) is 14.6. The standard InChI is InChI=1S/C14H17FN2O2S/c15-14-8-7-13(9-11(14)10-16)20(18,19)17-12-5-3-1-2-4-6-12/h7-9,12,17H,1-6H2. The topological polar surface area (TPSA) is 70.0 Å². The highest BCUT2D eigenvalue weighted by Gasteiger charge is 2.22. The highest BCUT2D eigenvalue weighted by molar-refractivity contribution is 7.89. The minimum atomic E-state index is -3.69. The number of halogens is 1. The van der Waals surface area contributed by atoms with Crippen molar-refractivity contribution in [2.24, 2.45) is 0 Å². The first-order chi connectivity index (χ1) is 9.53. The van der Waals surface area contributed by atoms with Crippen molar-refractivity contribution in [1.29, 1.82) is 5.26 Å². The van der Waals surface area contributed by atoms with E-state index < -0.39 is 15.8 Å². The van der Waals surface area contributed by atoms with E-state index in [1.165, 1.54) is 6.07 Å². The van der Waals surface area contributed by atoms with Gasteiger partial charge in [0.25, 0.3) is 0 Å². The average Bonchev–Trinajstić information content (AvgIpc) is 2.67. The summed E-state index contributed by atoms with van der Waals surface area (Å²) < 4.78 is 40.4. The first kappa shape index (κ1) is 14.9. The van der Waals surface area contributed by atoms with Gasteiger partial charge in [0.05, 0.1) is 10.5 Å². The Morgan fingerprint density at radius 3 is 2.45 bits per heavy atom. The second-order valence-corrected chi connectivity index (χ2v) is 6.78. The third-order valence-electron chi connectivity index (χ3n) is 3.55. The summed E-state index contributed by atoms with van der Waals surface area (Å²) in [6.07, 6.45) is 5.94. The Hall–Kier alpha value is -1.45. The van der Waals surface area contributed by atoms with E-state index in [-0.39, 0.29) is 16.5 Å². The summed E-state index contributed by atoms with van der Waals surface area (Å²) in [7, 11) is -3.69. The molecule has 1 aliphatic rings. The van der Waals surface area contributed by atoms with Gasteiger partial charge in [-0.05, 0) is 31.0 Å². The van der Waals surface area contributed by atoms with Crippen LogP contribution >= 0.6 is 0 Å². The van der Waals surface area contributed by atoms with E-state index in [0.717, 1.165) is 50.7 Å². The Morgan fingerprint density at radius 2 is 1.85 bits per heavy atom. The van der Waals surface area contributed by atoms with Crippen LogP contribution in [0.25, 0.3) is 0 Å². The van der Waals surface area contributed by atoms with Crippen LogP contribution in [-0.2, 0) is 10.0 Å². The molecule has 1 aromatic rings. The number of nitriles is 1. The van der Waals surface area contributed by atoms with Crippen molar-refractivity contribution in [2.45, 2.75) is 49.5 Å². The van der Waals surface area contributed by atoms with Crippen LogP contribution in [0.5, 0.6) is 0 Å². The number of nitrogens with one attached hydrogen (secondary N) is 1. The highest BCUT2D eigenvalue weighted by Crippen LogP contribution is 2.20. The summed E-state index contributed by atoms with van der Waals surface area (Å²) in [6, 6.07) is 4.86. The molecule has 0 heterocycles. The fourth-order valence-electron chi connectivity index (χ4n) is 2.44. The molecule has 0 saturated heterocycles. The SMILES string of the molecule is N#Cc1cc(S(=O)(=O)NC2CCCCCC2)ccc1F. The van der Waals surface area contributed by atoms with Gasteiger partial charge in [0.1, 0.15) is 11.9 Å². The van der Waals surface area contributed by atoms with E-state index >= 15 is 0 Å². The van der Waals surface area contributed by atoms with E-state index in [0.29, 0.717) is 0 Å². The predicted octanol–water partition coefficient (Wildman–Crippen LogP) is 2.70. The lowest BCUT2D eigenvalue weighted by Gasteiger charge is -2.16. The van der Waals surface area contributed by atoms with Gasteiger partial charge in [-0.2, -0.15) is 5.26 Å². The molecule has 0 aromatic heterocycles. The molecule has 0 bridgehead atoms. The fourth-order valence-corrected chi connectivity index (χ4v) is 3.77. The first-order valence-electron chi connectivity index (χ1n) is 6.75. The quantitative estimate of drug-likeness (QED) is 0.872. The number of hydrogen-bond acceptors (Lipinski definition) is 3. The molecule has 2 rings (SSSR count). The second kappa shape index (κ2) is 6.33. The first-order valence-corrected chi connectivity index (χ1v) is 8.23. The van der Waals surface area contributed by atoms with Gasteiger partial charge in [0.2, 0.25) is 10.0 Å². The van der Waals surface area contributed by atoms with Crippen molar-refractivity contribution < 1.29 is 12.8 Å². The van der Waals surface area contributed by atoms with Crippen molar-refractivity contribution in [3.63, 3.8) is 0 Å². The Labute approximate surface area is 118 Å². The summed E-state index contributed by atoms with van der Waals surface area (Å²) >= 11 is 0. The number of sulfonamides is 1. The molecule has 6 heteroatoms. The van der Waals surface area contributed by atoms with Gasteiger partial charge in [-0.1, -0.05) is 25.7 Å². The van der Waals surface area contributed by atoms with E-state index in [9.17, 15) is 12.8 Å². The molecule has 0 spiro atoms. The van der Waals surface area contributed by atoms with Gasteiger partial charge >= 0.3 is 0 Å². The molecule has 1 aromatic carbocycles. The van der Waals surface area contributed by atoms with Crippen molar-refractivity contribution >= 4 is 10.0 Å². The second-order valence-electron chi connectivity index (χ2n) is 5.06. The number of hydrogen-bond donors (Lipinski definition) is 1. The zero-order valence-electron chi connectivity index (χ0n) is 11.1. The molecule has 0 unspecified atom stereocenters. The molecule has 0 amide bonds. The fraction of sp³-hybridized carbons (Fsp3) is 0.500. The van der Waals surface area contributed by atoms with E-state index in [1.807, 2.05) is 0 Å². The number of rotatable bonds is 3. The van der Waals surface area contributed by atoms with E-state index in [4.69, 9.17) is 5.26 Å². The van der Waals surface area contributed by atoms with Gasteiger partial charge in [0, 0.05) is 6.04 Å². The van der Waals surface area contributed by atoms with Gasteiger partial charge in [-0.25, -0.2) is 17.5 Å². The molecule has 0 aliphatic heterocycles. The zero-order valence-corrected chi connectivity index (χ0v) is 11.9. The lowest BCUT2D eigenvalue weighted by Crippen LogP contribution is -2.34. The van der Waals surface area contributed by atoms with Crippen LogP contribution in [0.3, 0.4) is 0 Å². The molecule has 1 N–H and O–H groups in total. The van der Waals surface area contributed by atoms with Crippen molar-refractivity contribution in [3.05, 3.63) is 29.6 Å². The van der Waals surface area contributed by atoms with Crippen LogP contribution in [0, 0.1) is 17.1 Å². The maximum atomic E-state index is 13.2. The van der Waals surface area contributed by atoms with Gasteiger partial charge in [0.15, 0.2) is 0 Å². The Bertz CT molecular complexity index is 615. The van der Waals surface area contributed by atoms with Crippen molar-refractivity contribution in [1.82, 2.24) is 4.72 Å². The molecular weight excluding hydrogens is 279 g/mol. The Balaban J connectivity index is 2.19. The van der Waals surface area contributed by atoms with Crippen LogP contribution in [-0.4, -0.2) is 14.5 Å². The minimum Gasteiger partial charge on any atom is -0.208 e. The average molecular weight is 296 g/mol. The summed E-state index contributed by atoms with van der Waals surface area (Å²) in [5.41, 5.74) is -0.256. The molecule has 1 aliphatic carbocycles. The van der Waals surface area contributed by atoms with Crippen molar-refractivity contribution in [2.75, 3.05) is 0 Å². The normalized spacial score (nSPS) is 17.4. The molecule has 0 atom stereocenters. The number of benzene rings is 1. The van der Waals surface area contributed by atoms with Crippen LogP contribution in [0.1, 0.15) is 44.1 Å². The van der Waals surface area contributed by atoms with E-state index in [1.54, 1.807) is 6.07 Å². The maximum Gasteiger partial charge on any atom is 0.240 e. The summed E-state index contributed by atoms with van der Waals surface area (Å²) in [4.78, 5) is -0.0558. The molecule has 108 valence electrons. The van der Waals surface area contributed by atoms with Gasteiger partial charge in [-0.15, -0.1) is 0 Å². The summed E-state index contributed by atoms with van der Waals surface area (Å²) in [6.45, 7) is 0. The Kier molecular flexibility index (Phi) is 4.73. The molecule has 1 fully saturated rings. The van der Waals surface area contributed by atoms with Crippen LogP contribution in [0.15, 0.2) is 23.1 Å². The molecular formula is C14H17FN2O2S. The predicted molar refractivity (Wildman–Crippen MR) is 72.9 cm³/mol. The van der Waals surface area contributed by atoms with Gasteiger partial charge < -0.3 is 0 Å². The number of nitrogens with zero attached hydrogens (tertiary/aromatic N) is 1. The molecule has 1 saturated carbocycles. The lowest BCUT2D eigenvalue weighted by atomic mass is 10.1. The minimum absolute atomic E-state index is 0.0558. The molecule has 4 nitrogen and oxygen atoms in total. The monoisotopic (exact) mass is 296 g/mol. The van der Waals surface area contributed by atoms with Crippen LogP contribution in [0.2, 0.25) is 0 Å². The van der Waals surface area contributed by atoms with Crippen LogP contribution < -0.4 is 4.72 Å². The van der Waals surface area contributed by atoms with E-state index in [2.05, 4.69) is 4.72 Å².